The Morgan fingerprint density at radius 1 is 1.43 bits per heavy atom. The quantitative estimate of drug-likeness (QED) is 0.810. The van der Waals surface area contributed by atoms with Crippen LogP contribution in [0.25, 0.3) is 10.9 Å². The number of rotatable bonds is 4. The number of nitrogens with one attached hydrogen (secondary N) is 2. The Balaban J connectivity index is 2.29. The monoisotopic (exact) mass is 299 g/mol. The van der Waals surface area contributed by atoms with E-state index in [0.29, 0.717) is 11.8 Å². The zero-order valence-corrected chi connectivity index (χ0v) is 11.4. The van der Waals surface area contributed by atoms with Gasteiger partial charge in [-0.2, -0.15) is 13.2 Å². The van der Waals surface area contributed by atoms with Crippen molar-refractivity contribution in [2.75, 3.05) is 6.54 Å². The van der Waals surface area contributed by atoms with Crippen LogP contribution in [-0.4, -0.2) is 23.5 Å². The largest absolute Gasteiger partial charge is 0.418 e. The number of amides is 1. The van der Waals surface area contributed by atoms with Gasteiger partial charge in [0.15, 0.2) is 0 Å². The van der Waals surface area contributed by atoms with Gasteiger partial charge < -0.3 is 16.0 Å². The highest BCUT2D eigenvalue weighted by Gasteiger charge is 2.33. The van der Waals surface area contributed by atoms with Crippen molar-refractivity contribution in [3.63, 3.8) is 0 Å². The van der Waals surface area contributed by atoms with E-state index >= 15 is 0 Å². The molecule has 4 N–H and O–H groups in total. The molecular weight excluding hydrogens is 283 g/mol. The van der Waals surface area contributed by atoms with Crippen molar-refractivity contribution in [3.05, 3.63) is 35.5 Å². The van der Waals surface area contributed by atoms with Crippen LogP contribution in [0, 0.1) is 0 Å². The van der Waals surface area contributed by atoms with Crippen LogP contribution in [0.1, 0.15) is 18.1 Å². The number of hydrogen-bond acceptors (Lipinski definition) is 2. The zero-order valence-electron chi connectivity index (χ0n) is 11.4. The van der Waals surface area contributed by atoms with Gasteiger partial charge in [-0.05, 0) is 25.0 Å². The Bertz CT molecular complexity index is 648. The maximum absolute atomic E-state index is 12.9. The van der Waals surface area contributed by atoms with Gasteiger partial charge in [0.05, 0.1) is 17.6 Å². The number of alkyl halides is 3. The molecule has 4 nitrogen and oxygen atoms in total. The molecule has 0 fully saturated rings. The minimum atomic E-state index is -4.40. The maximum Gasteiger partial charge on any atom is 0.418 e. The molecule has 0 aliphatic rings. The van der Waals surface area contributed by atoms with Gasteiger partial charge >= 0.3 is 6.18 Å². The molecule has 0 aliphatic heterocycles. The third kappa shape index (κ3) is 3.36. The van der Waals surface area contributed by atoms with Gasteiger partial charge in [-0.15, -0.1) is 0 Å². The predicted octanol–water partition coefficient (Wildman–Crippen LogP) is 2.19. The second kappa shape index (κ2) is 5.77. The summed E-state index contributed by atoms with van der Waals surface area (Å²) >= 11 is 0. The molecule has 0 radical (unpaired) electrons. The summed E-state index contributed by atoms with van der Waals surface area (Å²) in [5.41, 5.74) is 5.31. The molecule has 0 saturated heterocycles. The summed E-state index contributed by atoms with van der Waals surface area (Å²) in [5.74, 6) is -0.293. The molecule has 0 saturated carbocycles. The van der Waals surface area contributed by atoms with Crippen LogP contribution in [0.2, 0.25) is 0 Å². The molecule has 2 rings (SSSR count). The van der Waals surface area contributed by atoms with Gasteiger partial charge in [-0.3, -0.25) is 4.79 Å². The first-order valence-corrected chi connectivity index (χ1v) is 6.48. The number of halogens is 3. The Morgan fingerprint density at radius 3 is 2.76 bits per heavy atom. The average Bonchev–Trinajstić information content (AvgIpc) is 2.80. The van der Waals surface area contributed by atoms with Crippen molar-refractivity contribution in [3.8, 4) is 0 Å². The lowest BCUT2D eigenvalue weighted by atomic mass is 10.0. The van der Waals surface area contributed by atoms with E-state index in [2.05, 4.69) is 10.3 Å². The highest BCUT2D eigenvalue weighted by Crippen LogP contribution is 2.35. The highest BCUT2D eigenvalue weighted by atomic mass is 19.4. The number of aromatic amines is 1. The summed E-state index contributed by atoms with van der Waals surface area (Å²) in [5, 5.41) is 3.19. The number of carbonyl (C=O) groups is 1. The van der Waals surface area contributed by atoms with Gasteiger partial charge in [0.2, 0.25) is 5.91 Å². The number of fused-ring (bicyclic) bond motifs is 1. The lowest BCUT2D eigenvalue weighted by molar-refractivity contribution is -0.136. The van der Waals surface area contributed by atoms with Crippen molar-refractivity contribution in [1.29, 1.82) is 0 Å². The number of benzene rings is 1. The summed E-state index contributed by atoms with van der Waals surface area (Å²) in [7, 11) is 0. The van der Waals surface area contributed by atoms with Crippen molar-refractivity contribution in [1.82, 2.24) is 10.3 Å². The van der Waals surface area contributed by atoms with Crippen LogP contribution in [0.15, 0.2) is 24.4 Å². The van der Waals surface area contributed by atoms with E-state index in [0.717, 1.165) is 11.6 Å². The topological polar surface area (TPSA) is 70.9 Å². The van der Waals surface area contributed by atoms with E-state index in [1.165, 1.54) is 6.07 Å². The zero-order chi connectivity index (χ0) is 15.6. The summed E-state index contributed by atoms with van der Waals surface area (Å²) in [6, 6.07) is 3.84. The van der Waals surface area contributed by atoms with Crippen LogP contribution >= 0.6 is 0 Å². The SMILES string of the molecule is CC(Cc1c[nH]c2c(C(F)(F)F)cccc12)NC(=O)CN. The molecule has 1 aromatic carbocycles. The fourth-order valence-electron chi connectivity index (χ4n) is 2.33. The van der Waals surface area contributed by atoms with Crippen LogP contribution < -0.4 is 11.1 Å². The summed E-state index contributed by atoms with van der Waals surface area (Å²) in [4.78, 5) is 13.9. The number of carbonyl (C=O) groups excluding carboxylic acids is 1. The molecule has 1 unspecified atom stereocenters. The first-order chi connectivity index (χ1) is 9.82. The van der Waals surface area contributed by atoms with E-state index in [9.17, 15) is 18.0 Å². The third-order valence-corrected chi connectivity index (χ3v) is 3.23. The number of para-hydroxylation sites is 1. The van der Waals surface area contributed by atoms with Crippen LogP contribution in [0.3, 0.4) is 0 Å². The minimum absolute atomic E-state index is 0.0670. The van der Waals surface area contributed by atoms with Crippen LogP contribution in [0.5, 0.6) is 0 Å². The lowest BCUT2D eigenvalue weighted by Crippen LogP contribution is -2.38. The Morgan fingerprint density at radius 2 is 2.14 bits per heavy atom. The smallest absolute Gasteiger partial charge is 0.360 e. The average molecular weight is 299 g/mol. The van der Waals surface area contributed by atoms with Gasteiger partial charge in [-0.25, -0.2) is 0 Å². The van der Waals surface area contributed by atoms with Gasteiger partial charge in [-0.1, -0.05) is 12.1 Å². The van der Waals surface area contributed by atoms with Crippen molar-refractivity contribution < 1.29 is 18.0 Å². The normalized spacial score (nSPS) is 13.4. The van der Waals surface area contributed by atoms with Crippen LogP contribution in [-0.2, 0) is 17.4 Å². The number of hydrogen-bond donors (Lipinski definition) is 3. The van der Waals surface area contributed by atoms with Gasteiger partial charge in [0.1, 0.15) is 0 Å². The minimum Gasteiger partial charge on any atom is -0.360 e. The standard InChI is InChI=1S/C14H16F3N3O/c1-8(20-12(21)6-18)5-9-7-19-13-10(9)3-2-4-11(13)14(15,16)17/h2-4,7-8,19H,5-6,18H2,1H3,(H,20,21). The molecule has 0 aliphatic carbocycles. The molecule has 2 aromatic rings. The lowest BCUT2D eigenvalue weighted by Gasteiger charge is -2.13. The second-order valence-electron chi connectivity index (χ2n) is 4.92. The van der Waals surface area contributed by atoms with E-state index in [-0.39, 0.29) is 24.0 Å². The van der Waals surface area contributed by atoms with Crippen molar-refractivity contribution >= 4 is 16.8 Å². The molecule has 21 heavy (non-hydrogen) atoms. The highest BCUT2D eigenvalue weighted by molar-refractivity contribution is 5.86. The van der Waals surface area contributed by atoms with E-state index in [1.54, 1.807) is 19.2 Å². The molecular formula is C14H16F3N3O. The summed E-state index contributed by atoms with van der Waals surface area (Å²) in [6.07, 6.45) is -2.43. The summed E-state index contributed by atoms with van der Waals surface area (Å²) < 4.78 is 38.7. The fourth-order valence-corrected chi connectivity index (χ4v) is 2.33. The first-order valence-electron chi connectivity index (χ1n) is 6.48. The Labute approximate surface area is 119 Å². The molecule has 0 bridgehead atoms. The number of H-pyrrole nitrogens is 1. The van der Waals surface area contributed by atoms with E-state index in [1.807, 2.05) is 0 Å². The molecule has 1 amide bonds. The van der Waals surface area contributed by atoms with Gasteiger partial charge in [0.25, 0.3) is 0 Å². The summed E-state index contributed by atoms with van der Waals surface area (Å²) in [6.45, 7) is 1.66. The Kier molecular flexibility index (Phi) is 4.22. The first kappa shape index (κ1) is 15.4. The van der Waals surface area contributed by atoms with E-state index < -0.39 is 11.7 Å². The molecule has 0 spiro atoms. The third-order valence-electron chi connectivity index (χ3n) is 3.23. The Hall–Kier alpha value is -2.02. The molecule has 114 valence electrons. The van der Waals surface area contributed by atoms with Crippen molar-refractivity contribution in [2.45, 2.75) is 25.6 Å². The molecule has 7 heteroatoms. The number of aromatic nitrogens is 1. The number of nitrogens with two attached hydrogens (primary N) is 1. The van der Waals surface area contributed by atoms with Gasteiger partial charge in [0, 0.05) is 17.6 Å². The van der Waals surface area contributed by atoms with Crippen LogP contribution in [0.4, 0.5) is 13.2 Å². The molecule has 1 atom stereocenters. The van der Waals surface area contributed by atoms with Crippen molar-refractivity contribution in [2.24, 2.45) is 5.73 Å². The second-order valence-corrected chi connectivity index (χ2v) is 4.92. The predicted molar refractivity (Wildman–Crippen MR) is 73.7 cm³/mol. The fraction of sp³-hybridized carbons (Fsp3) is 0.357. The molecule has 1 aromatic heterocycles. The van der Waals surface area contributed by atoms with E-state index in [4.69, 9.17) is 5.73 Å². The maximum atomic E-state index is 12.9. The molecule has 1 heterocycles.